The molecule has 3 N–H and O–H groups in total. The van der Waals surface area contributed by atoms with Crippen LogP contribution in [0.2, 0.25) is 0 Å². The fourth-order valence-electron chi connectivity index (χ4n) is 4.08. The van der Waals surface area contributed by atoms with Crippen molar-refractivity contribution in [2.24, 2.45) is 5.92 Å². The first-order chi connectivity index (χ1) is 16.2. The lowest BCUT2D eigenvalue weighted by molar-refractivity contribution is -0.125. The molecule has 3 atom stereocenters. The minimum Gasteiger partial charge on any atom is -0.389 e. The van der Waals surface area contributed by atoms with E-state index in [0.29, 0.717) is 31.4 Å². The Bertz CT molecular complexity index is 981. The fourth-order valence-corrected chi connectivity index (χ4v) is 4.08. The number of β-amino-alcohol motifs (C(OH)–C–C–N with tert-alkyl or cyclic N) is 1. The molecule has 1 aliphatic rings. The van der Waals surface area contributed by atoms with Crippen LogP contribution in [0.5, 0.6) is 0 Å². The number of aliphatic hydroxyl groups is 1. The SMILES string of the molecule is CC(C)C[C@H](NC(=O)c1ccc(F)cc1)C(=O)NC1CCCN(C(=O)c2ccccc2)CC1O. The smallest absolute Gasteiger partial charge is 0.253 e. The quantitative estimate of drug-likeness (QED) is 0.581. The number of hydrogen-bond donors (Lipinski definition) is 3. The van der Waals surface area contributed by atoms with Gasteiger partial charge in [-0.3, -0.25) is 14.4 Å². The molecule has 0 saturated carbocycles. The second-order valence-corrected chi connectivity index (χ2v) is 9.10. The van der Waals surface area contributed by atoms with E-state index >= 15 is 0 Å². The van der Waals surface area contributed by atoms with Gasteiger partial charge in [-0.1, -0.05) is 32.0 Å². The molecule has 3 amide bonds. The number of halogens is 1. The summed E-state index contributed by atoms with van der Waals surface area (Å²) in [6.45, 7) is 4.47. The highest BCUT2D eigenvalue weighted by molar-refractivity contribution is 5.97. The third-order valence-electron chi connectivity index (χ3n) is 5.89. The Morgan fingerprint density at radius 1 is 1.06 bits per heavy atom. The van der Waals surface area contributed by atoms with Gasteiger partial charge < -0.3 is 20.6 Å². The van der Waals surface area contributed by atoms with Crippen LogP contribution in [0.3, 0.4) is 0 Å². The van der Waals surface area contributed by atoms with Gasteiger partial charge in [-0.15, -0.1) is 0 Å². The van der Waals surface area contributed by atoms with E-state index in [-0.39, 0.29) is 23.9 Å². The van der Waals surface area contributed by atoms with Crippen LogP contribution in [0.4, 0.5) is 4.39 Å². The molecule has 2 aromatic carbocycles. The Morgan fingerprint density at radius 2 is 1.74 bits per heavy atom. The van der Waals surface area contributed by atoms with Crippen molar-refractivity contribution in [1.29, 1.82) is 0 Å². The molecule has 182 valence electrons. The average Bonchev–Trinajstić information content (AvgIpc) is 3.00. The van der Waals surface area contributed by atoms with Crippen LogP contribution in [-0.2, 0) is 4.79 Å². The summed E-state index contributed by atoms with van der Waals surface area (Å²) in [4.78, 5) is 40.1. The van der Waals surface area contributed by atoms with Gasteiger partial charge in [-0.25, -0.2) is 4.39 Å². The lowest BCUT2D eigenvalue weighted by Crippen LogP contribution is -2.54. The van der Waals surface area contributed by atoms with Gasteiger partial charge in [-0.2, -0.15) is 0 Å². The van der Waals surface area contributed by atoms with Crippen LogP contribution in [0.25, 0.3) is 0 Å². The summed E-state index contributed by atoms with van der Waals surface area (Å²) in [5, 5.41) is 16.4. The van der Waals surface area contributed by atoms with E-state index in [0.717, 1.165) is 0 Å². The Balaban J connectivity index is 1.64. The van der Waals surface area contributed by atoms with Gasteiger partial charge in [0.05, 0.1) is 12.1 Å². The molecule has 1 heterocycles. The molecule has 1 saturated heterocycles. The molecule has 0 spiro atoms. The van der Waals surface area contributed by atoms with Crippen LogP contribution in [0.1, 0.15) is 53.8 Å². The number of carbonyl (C=O) groups excluding carboxylic acids is 3. The normalized spacial score (nSPS) is 19.3. The molecule has 2 unspecified atom stereocenters. The lowest BCUT2D eigenvalue weighted by atomic mass is 10.0. The maximum atomic E-state index is 13.2. The van der Waals surface area contributed by atoms with Gasteiger partial charge in [0, 0.05) is 24.2 Å². The van der Waals surface area contributed by atoms with Gasteiger partial charge in [0.15, 0.2) is 0 Å². The zero-order valence-electron chi connectivity index (χ0n) is 19.5. The van der Waals surface area contributed by atoms with Gasteiger partial charge in [0.2, 0.25) is 5.91 Å². The second kappa shape index (κ2) is 11.7. The summed E-state index contributed by atoms with van der Waals surface area (Å²) in [6, 6.07) is 12.6. The van der Waals surface area contributed by atoms with E-state index < -0.39 is 35.8 Å². The number of aliphatic hydroxyl groups excluding tert-OH is 1. The number of nitrogens with one attached hydrogen (secondary N) is 2. The average molecular weight is 470 g/mol. The summed E-state index contributed by atoms with van der Waals surface area (Å²) >= 11 is 0. The van der Waals surface area contributed by atoms with E-state index in [1.165, 1.54) is 24.3 Å². The van der Waals surface area contributed by atoms with Crippen molar-refractivity contribution in [2.75, 3.05) is 13.1 Å². The Labute approximate surface area is 199 Å². The van der Waals surface area contributed by atoms with E-state index in [1.54, 1.807) is 29.2 Å². The van der Waals surface area contributed by atoms with Crippen LogP contribution < -0.4 is 10.6 Å². The number of likely N-dealkylation sites (tertiary alicyclic amines) is 1. The van der Waals surface area contributed by atoms with Crippen LogP contribution in [0, 0.1) is 11.7 Å². The fraction of sp³-hybridized carbons (Fsp3) is 0.423. The molecular formula is C26H32FN3O4. The van der Waals surface area contributed by atoms with Gasteiger partial charge in [0.25, 0.3) is 11.8 Å². The molecule has 0 radical (unpaired) electrons. The molecule has 0 aliphatic carbocycles. The number of benzene rings is 2. The molecule has 1 fully saturated rings. The zero-order valence-corrected chi connectivity index (χ0v) is 19.5. The lowest BCUT2D eigenvalue weighted by Gasteiger charge is -2.27. The first-order valence-corrected chi connectivity index (χ1v) is 11.6. The number of carbonyl (C=O) groups is 3. The van der Waals surface area contributed by atoms with Crippen molar-refractivity contribution in [3.8, 4) is 0 Å². The third kappa shape index (κ3) is 6.87. The standard InChI is InChI=1S/C26H32FN3O4/c1-17(2)15-22(29-24(32)18-10-12-20(27)13-11-18)25(33)28-21-9-6-14-30(16-23(21)31)26(34)19-7-4-3-5-8-19/h3-5,7-8,10-13,17,21-23,31H,6,9,14-16H2,1-2H3,(H,28,33)(H,29,32)/t21?,22-,23?/m0/s1. The van der Waals surface area contributed by atoms with Crippen molar-refractivity contribution in [3.63, 3.8) is 0 Å². The first-order valence-electron chi connectivity index (χ1n) is 11.6. The molecule has 7 nitrogen and oxygen atoms in total. The van der Waals surface area contributed by atoms with Gasteiger partial charge in [-0.05, 0) is 61.6 Å². The van der Waals surface area contributed by atoms with Crippen molar-refractivity contribution < 1.29 is 23.9 Å². The van der Waals surface area contributed by atoms with Crippen molar-refractivity contribution >= 4 is 17.7 Å². The summed E-state index contributed by atoms with van der Waals surface area (Å²) in [5.41, 5.74) is 0.810. The Hall–Kier alpha value is -3.26. The predicted octanol–water partition coefficient (Wildman–Crippen LogP) is 2.75. The monoisotopic (exact) mass is 469 g/mol. The number of amides is 3. The summed E-state index contributed by atoms with van der Waals surface area (Å²) in [6.07, 6.45) is 0.593. The molecular weight excluding hydrogens is 437 g/mol. The van der Waals surface area contributed by atoms with Gasteiger partial charge in [0.1, 0.15) is 11.9 Å². The number of hydrogen-bond acceptors (Lipinski definition) is 4. The van der Waals surface area contributed by atoms with Gasteiger partial charge >= 0.3 is 0 Å². The van der Waals surface area contributed by atoms with Crippen molar-refractivity contribution in [2.45, 2.75) is 51.3 Å². The highest BCUT2D eigenvalue weighted by atomic mass is 19.1. The van der Waals surface area contributed by atoms with Crippen LogP contribution >= 0.6 is 0 Å². The summed E-state index contributed by atoms with van der Waals surface area (Å²) in [7, 11) is 0. The highest BCUT2D eigenvalue weighted by Gasteiger charge is 2.31. The molecule has 3 rings (SSSR count). The summed E-state index contributed by atoms with van der Waals surface area (Å²) < 4.78 is 13.2. The molecule has 0 aromatic heterocycles. The third-order valence-corrected chi connectivity index (χ3v) is 5.89. The van der Waals surface area contributed by atoms with E-state index in [9.17, 15) is 23.9 Å². The van der Waals surface area contributed by atoms with E-state index in [1.807, 2.05) is 19.9 Å². The second-order valence-electron chi connectivity index (χ2n) is 9.10. The molecule has 0 bridgehead atoms. The molecule has 8 heteroatoms. The van der Waals surface area contributed by atoms with Crippen molar-refractivity contribution in [3.05, 3.63) is 71.5 Å². The molecule has 1 aliphatic heterocycles. The van der Waals surface area contributed by atoms with Crippen molar-refractivity contribution in [1.82, 2.24) is 15.5 Å². The zero-order chi connectivity index (χ0) is 24.7. The Morgan fingerprint density at radius 3 is 2.38 bits per heavy atom. The predicted molar refractivity (Wildman–Crippen MR) is 127 cm³/mol. The van der Waals surface area contributed by atoms with E-state index in [2.05, 4.69) is 10.6 Å². The maximum absolute atomic E-state index is 13.2. The molecule has 2 aromatic rings. The minimum atomic E-state index is -0.938. The topological polar surface area (TPSA) is 98.7 Å². The van der Waals surface area contributed by atoms with E-state index in [4.69, 9.17) is 0 Å². The number of rotatable bonds is 7. The summed E-state index contributed by atoms with van der Waals surface area (Å²) in [5.74, 6) is -1.34. The van der Waals surface area contributed by atoms with Crippen LogP contribution in [0.15, 0.2) is 54.6 Å². The highest BCUT2D eigenvalue weighted by Crippen LogP contribution is 2.16. The maximum Gasteiger partial charge on any atom is 0.253 e. The molecule has 34 heavy (non-hydrogen) atoms. The first kappa shape index (κ1) is 25.4. The number of nitrogens with zero attached hydrogens (tertiary/aromatic N) is 1. The Kier molecular flexibility index (Phi) is 8.76. The van der Waals surface area contributed by atoms with Crippen LogP contribution in [-0.4, -0.2) is 59.0 Å². The largest absolute Gasteiger partial charge is 0.389 e. The minimum absolute atomic E-state index is 0.107.